The van der Waals surface area contributed by atoms with Crippen molar-refractivity contribution in [3.63, 3.8) is 0 Å². The van der Waals surface area contributed by atoms with Crippen LogP contribution in [0.2, 0.25) is 0 Å². The molecule has 3 heterocycles. The number of hydrogen-bond acceptors (Lipinski definition) is 6. The lowest BCUT2D eigenvalue weighted by Gasteiger charge is -2.18. The number of nitrogens with one attached hydrogen (secondary N) is 2. The Bertz CT molecular complexity index is 1190. The Balaban J connectivity index is 1.66. The van der Waals surface area contributed by atoms with Crippen LogP contribution >= 0.6 is 0 Å². The fraction of sp³-hybridized carbons (Fsp3) is 0.0952. The normalized spacial score (nSPS) is 11.8. The van der Waals surface area contributed by atoms with Crippen molar-refractivity contribution >= 4 is 5.91 Å². The van der Waals surface area contributed by atoms with Crippen LogP contribution in [0.25, 0.3) is 11.5 Å². The third kappa shape index (κ3) is 4.46. The zero-order valence-electron chi connectivity index (χ0n) is 15.6. The van der Waals surface area contributed by atoms with Crippen molar-refractivity contribution < 1.29 is 13.7 Å². The summed E-state index contributed by atoms with van der Waals surface area (Å²) in [5.74, 6) is -0.532. The van der Waals surface area contributed by atoms with Crippen LogP contribution in [-0.4, -0.2) is 26.0 Å². The monoisotopic (exact) mass is 405 g/mol. The van der Waals surface area contributed by atoms with Gasteiger partial charge in [-0.15, -0.1) is 0 Å². The predicted molar refractivity (Wildman–Crippen MR) is 105 cm³/mol. The zero-order valence-corrected chi connectivity index (χ0v) is 15.6. The number of halogens is 1. The second-order valence-electron chi connectivity index (χ2n) is 6.46. The first-order valence-electron chi connectivity index (χ1n) is 9.07. The number of carbonyl (C=O) groups is 1. The summed E-state index contributed by atoms with van der Waals surface area (Å²) in [6, 6.07) is 13.2. The maximum Gasteiger partial charge on any atom is 0.290 e. The number of carbonyl (C=O) groups excluding carboxylic acids is 1. The molecule has 0 aliphatic heterocycles. The van der Waals surface area contributed by atoms with Gasteiger partial charge in [0.25, 0.3) is 11.5 Å². The van der Waals surface area contributed by atoms with E-state index in [0.717, 1.165) is 0 Å². The summed E-state index contributed by atoms with van der Waals surface area (Å²) in [5.41, 5.74) is 1.25. The molecule has 1 amide bonds. The Labute approximate surface area is 169 Å². The Kier molecular flexibility index (Phi) is 5.42. The summed E-state index contributed by atoms with van der Waals surface area (Å²) in [7, 11) is 0. The number of H-pyrrole nitrogens is 1. The molecule has 8 nitrogen and oxygen atoms in total. The van der Waals surface area contributed by atoms with Gasteiger partial charge < -0.3 is 14.8 Å². The molecule has 0 unspecified atom stereocenters. The number of hydrogen-bond donors (Lipinski definition) is 2. The number of pyridine rings is 1. The second kappa shape index (κ2) is 8.48. The fourth-order valence-corrected chi connectivity index (χ4v) is 2.96. The molecule has 30 heavy (non-hydrogen) atoms. The van der Waals surface area contributed by atoms with Crippen molar-refractivity contribution in [1.29, 1.82) is 0 Å². The molecule has 0 saturated carbocycles. The SMILES string of the molecule is O=C(N[C@@H](Cc1cc(=O)[nH]c(-c2ccccn2)n1)c1ccc(F)cc1)c1ccno1. The molecule has 150 valence electrons. The van der Waals surface area contributed by atoms with Gasteiger partial charge in [0.2, 0.25) is 5.76 Å². The van der Waals surface area contributed by atoms with Crippen LogP contribution in [0.5, 0.6) is 0 Å². The molecule has 0 bridgehead atoms. The number of amides is 1. The second-order valence-corrected chi connectivity index (χ2v) is 6.46. The van der Waals surface area contributed by atoms with Crippen LogP contribution in [0.1, 0.15) is 27.9 Å². The molecule has 1 aromatic carbocycles. The van der Waals surface area contributed by atoms with E-state index in [-0.39, 0.29) is 17.7 Å². The number of nitrogens with zero attached hydrogens (tertiary/aromatic N) is 3. The standard InChI is InChI=1S/C21H16FN5O3/c22-14-6-4-13(5-7-14)17(26-21(29)18-8-10-24-30-18)11-15-12-19(28)27-20(25-15)16-3-1-2-9-23-16/h1-10,12,17H,11H2,(H,26,29)(H,25,27,28)/t17-/m0/s1. The lowest BCUT2D eigenvalue weighted by atomic mass is 10.0. The van der Waals surface area contributed by atoms with Gasteiger partial charge in [-0.05, 0) is 29.8 Å². The van der Waals surface area contributed by atoms with E-state index in [2.05, 4.69) is 25.4 Å². The number of rotatable bonds is 6. The Hall–Kier alpha value is -4.14. The van der Waals surface area contributed by atoms with Crippen molar-refractivity contribution in [2.45, 2.75) is 12.5 Å². The molecule has 3 aromatic heterocycles. The third-order valence-corrected chi connectivity index (χ3v) is 4.35. The van der Waals surface area contributed by atoms with Gasteiger partial charge in [-0.3, -0.25) is 14.6 Å². The van der Waals surface area contributed by atoms with Gasteiger partial charge in [-0.25, -0.2) is 9.37 Å². The first-order chi connectivity index (χ1) is 14.6. The molecule has 0 saturated heterocycles. The first-order valence-corrected chi connectivity index (χ1v) is 9.07. The molecule has 1 atom stereocenters. The average Bonchev–Trinajstić information content (AvgIpc) is 3.29. The minimum absolute atomic E-state index is 0.0372. The Morgan fingerprint density at radius 3 is 2.67 bits per heavy atom. The van der Waals surface area contributed by atoms with Crippen molar-refractivity contribution in [1.82, 2.24) is 25.4 Å². The van der Waals surface area contributed by atoms with Crippen LogP contribution in [0.3, 0.4) is 0 Å². The fourth-order valence-electron chi connectivity index (χ4n) is 2.96. The van der Waals surface area contributed by atoms with Gasteiger partial charge in [0.15, 0.2) is 5.82 Å². The summed E-state index contributed by atoms with van der Waals surface area (Å²) >= 11 is 0. The predicted octanol–water partition coefficient (Wildman–Crippen LogP) is 2.67. The minimum atomic E-state index is -0.589. The molecule has 9 heteroatoms. The van der Waals surface area contributed by atoms with Gasteiger partial charge in [0.1, 0.15) is 11.5 Å². The van der Waals surface area contributed by atoms with E-state index >= 15 is 0 Å². The molecule has 0 spiro atoms. The number of aromatic amines is 1. The van der Waals surface area contributed by atoms with E-state index in [4.69, 9.17) is 4.52 Å². The quantitative estimate of drug-likeness (QED) is 0.510. The van der Waals surface area contributed by atoms with Gasteiger partial charge in [-0.2, -0.15) is 0 Å². The summed E-state index contributed by atoms with van der Waals surface area (Å²) in [6.45, 7) is 0. The maximum absolute atomic E-state index is 13.4. The van der Waals surface area contributed by atoms with E-state index in [1.54, 1.807) is 36.5 Å². The molecule has 4 rings (SSSR count). The summed E-state index contributed by atoms with van der Waals surface area (Å²) in [5, 5.41) is 6.34. The molecule has 0 radical (unpaired) electrons. The van der Waals surface area contributed by atoms with Gasteiger partial charge in [-0.1, -0.05) is 23.4 Å². The lowest BCUT2D eigenvalue weighted by Crippen LogP contribution is -2.30. The van der Waals surface area contributed by atoms with E-state index in [1.165, 1.54) is 30.5 Å². The highest BCUT2D eigenvalue weighted by Gasteiger charge is 2.20. The van der Waals surface area contributed by atoms with Crippen LogP contribution in [0, 0.1) is 5.82 Å². The van der Waals surface area contributed by atoms with Crippen molar-refractivity contribution in [3.8, 4) is 11.5 Å². The van der Waals surface area contributed by atoms with E-state index < -0.39 is 17.8 Å². The molecule has 0 aliphatic carbocycles. The van der Waals surface area contributed by atoms with Gasteiger partial charge in [0.05, 0.1) is 17.9 Å². The summed E-state index contributed by atoms with van der Waals surface area (Å²) in [6.07, 6.45) is 3.15. The van der Waals surface area contributed by atoms with Crippen molar-refractivity contribution in [3.05, 3.63) is 100 Å². The molecular weight excluding hydrogens is 389 g/mol. The number of benzene rings is 1. The molecule has 0 aliphatic rings. The molecule has 0 fully saturated rings. The van der Waals surface area contributed by atoms with Gasteiger partial charge in [0, 0.05) is 24.8 Å². The van der Waals surface area contributed by atoms with Gasteiger partial charge >= 0.3 is 0 Å². The Morgan fingerprint density at radius 2 is 1.97 bits per heavy atom. The van der Waals surface area contributed by atoms with Crippen molar-refractivity contribution in [2.75, 3.05) is 0 Å². The first kappa shape index (κ1) is 19.2. The molecule has 4 aromatic rings. The molecular formula is C21H16FN5O3. The van der Waals surface area contributed by atoms with E-state index in [0.29, 0.717) is 22.8 Å². The third-order valence-electron chi connectivity index (χ3n) is 4.35. The average molecular weight is 405 g/mol. The highest BCUT2D eigenvalue weighted by molar-refractivity contribution is 5.91. The number of aromatic nitrogens is 4. The van der Waals surface area contributed by atoms with Crippen LogP contribution in [0.4, 0.5) is 4.39 Å². The lowest BCUT2D eigenvalue weighted by molar-refractivity contribution is 0.0899. The topological polar surface area (TPSA) is 114 Å². The summed E-state index contributed by atoms with van der Waals surface area (Å²) in [4.78, 5) is 36.0. The van der Waals surface area contributed by atoms with E-state index in [9.17, 15) is 14.0 Å². The Morgan fingerprint density at radius 1 is 1.13 bits per heavy atom. The van der Waals surface area contributed by atoms with Crippen LogP contribution in [0.15, 0.2) is 76.3 Å². The highest BCUT2D eigenvalue weighted by atomic mass is 19.1. The maximum atomic E-state index is 13.4. The van der Waals surface area contributed by atoms with Crippen LogP contribution in [-0.2, 0) is 6.42 Å². The summed E-state index contributed by atoms with van der Waals surface area (Å²) < 4.78 is 18.3. The highest BCUT2D eigenvalue weighted by Crippen LogP contribution is 2.20. The largest absolute Gasteiger partial charge is 0.351 e. The smallest absolute Gasteiger partial charge is 0.290 e. The minimum Gasteiger partial charge on any atom is -0.351 e. The van der Waals surface area contributed by atoms with E-state index in [1.807, 2.05) is 0 Å². The zero-order chi connectivity index (χ0) is 20.9. The van der Waals surface area contributed by atoms with Crippen molar-refractivity contribution in [2.24, 2.45) is 0 Å². The van der Waals surface area contributed by atoms with Crippen LogP contribution < -0.4 is 10.9 Å². The molecule has 2 N–H and O–H groups in total.